The molecule has 2 aliphatic rings. The first-order valence-electron chi connectivity index (χ1n) is 10.6. The van der Waals surface area contributed by atoms with Crippen LogP contribution in [0.15, 0.2) is 48.7 Å². The number of pyridine rings is 1. The van der Waals surface area contributed by atoms with Crippen molar-refractivity contribution in [3.8, 4) is 5.75 Å². The second-order valence-corrected chi connectivity index (χ2v) is 8.36. The number of ether oxygens (including phenoxy) is 1. The van der Waals surface area contributed by atoms with Crippen LogP contribution >= 0.6 is 0 Å². The third-order valence-electron chi connectivity index (χ3n) is 5.90. The Morgan fingerprint density at radius 2 is 1.79 bits per heavy atom. The summed E-state index contributed by atoms with van der Waals surface area (Å²) in [6, 6.07) is 14.4. The van der Waals surface area contributed by atoms with Gasteiger partial charge in [0.2, 0.25) is 0 Å². The van der Waals surface area contributed by atoms with E-state index in [1.807, 2.05) is 24.4 Å². The molecule has 1 atom stereocenters. The van der Waals surface area contributed by atoms with Crippen LogP contribution in [0.1, 0.15) is 17.2 Å². The molecule has 3 heterocycles. The minimum Gasteiger partial charge on any atom is -0.491 e. The Balaban J connectivity index is 1.16. The number of benzene rings is 1. The predicted octanol–water partition coefficient (Wildman–Crippen LogP) is 1.67. The molecule has 6 nitrogen and oxygen atoms in total. The molecule has 4 rings (SSSR count). The maximum absolute atomic E-state index is 10.3. The highest BCUT2D eigenvalue weighted by Gasteiger charge is 2.28. The van der Waals surface area contributed by atoms with Gasteiger partial charge in [-0.1, -0.05) is 18.2 Å². The fourth-order valence-electron chi connectivity index (χ4n) is 4.03. The Kier molecular flexibility index (Phi) is 6.77. The number of hydrogen-bond acceptors (Lipinski definition) is 6. The lowest BCUT2D eigenvalue weighted by Gasteiger charge is -2.39. The van der Waals surface area contributed by atoms with Gasteiger partial charge in [0.1, 0.15) is 18.5 Å². The van der Waals surface area contributed by atoms with E-state index in [1.165, 1.54) is 11.3 Å². The van der Waals surface area contributed by atoms with Crippen molar-refractivity contribution in [2.24, 2.45) is 0 Å². The molecule has 0 radical (unpaired) electrons. The Morgan fingerprint density at radius 3 is 2.48 bits per heavy atom. The molecular formula is C23H32N4O2. The molecule has 1 aromatic heterocycles. The summed E-state index contributed by atoms with van der Waals surface area (Å²) in [5.41, 5.74) is 2.48. The number of likely N-dealkylation sites (N-methyl/N-ethyl adjacent to an activating group) is 1. The Bertz CT molecular complexity index is 741. The number of β-amino-alcohol motifs (C(OH)–C–C–N with tert-alkyl or cyclic N) is 1. The van der Waals surface area contributed by atoms with E-state index in [0.29, 0.717) is 19.1 Å². The van der Waals surface area contributed by atoms with Crippen LogP contribution in [0.3, 0.4) is 0 Å². The number of hydrogen-bond donors (Lipinski definition) is 1. The highest BCUT2D eigenvalue weighted by atomic mass is 16.5. The number of aromatic nitrogens is 1. The average Bonchev–Trinajstić information content (AvgIpc) is 2.72. The smallest absolute Gasteiger partial charge is 0.119 e. The minimum atomic E-state index is -0.456. The Labute approximate surface area is 173 Å². The van der Waals surface area contributed by atoms with Gasteiger partial charge in [0.25, 0.3) is 0 Å². The number of piperazine rings is 1. The van der Waals surface area contributed by atoms with Gasteiger partial charge in [-0.25, -0.2) is 0 Å². The van der Waals surface area contributed by atoms with Gasteiger partial charge >= 0.3 is 0 Å². The molecule has 29 heavy (non-hydrogen) atoms. The number of nitrogens with zero attached hydrogens (tertiary/aromatic N) is 4. The highest BCUT2D eigenvalue weighted by Crippen LogP contribution is 2.27. The second-order valence-electron chi connectivity index (χ2n) is 8.36. The van der Waals surface area contributed by atoms with Gasteiger partial charge < -0.3 is 14.7 Å². The van der Waals surface area contributed by atoms with Crippen molar-refractivity contribution < 1.29 is 9.84 Å². The summed E-state index contributed by atoms with van der Waals surface area (Å²) in [4.78, 5) is 11.5. The van der Waals surface area contributed by atoms with E-state index >= 15 is 0 Å². The average molecular weight is 397 g/mol. The third-order valence-corrected chi connectivity index (χ3v) is 5.90. The molecule has 0 unspecified atom stereocenters. The van der Waals surface area contributed by atoms with Crippen LogP contribution in [-0.2, 0) is 6.54 Å². The summed E-state index contributed by atoms with van der Waals surface area (Å²) in [6.45, 7) is 8.25. The minimum absolute atomic E-state index is 0.337. The van der Waals surface area contributed by atoms with Crippen molar-refractivity contribution in [2.45, 2.75) is 18.6 Å². The summed E-state index contributed by atoms with van der Waals surface area (Å²) >= 11 is 0. The van der Waals surface area contributed by atoms with Gasteiger partial charge in [0.05, 0.1) is 0 Å². The first-order chi connectivity index (χ1) is 14.2. The lowest BCUT2D eigenvalue weighted by molar-refractivity contribution is 0.0504. The first kappa shape index (κ1) is 20.3. The van der Waals surface area contributed by atoms with E-state index in [2.05, 4.69) is 51.0 Å². The largest absolute Gasteiger partial charge is 0.491 e. The van der Waals surface area contributed by atoms with Crippen LogP contribution in [-0.4, -0.2) is 90.4 Å². The molecular weight excluding hydrogens is 364 g/mol. The quantitative estimate of drug-likeness (QED) is 0.733. The molecule has 2 aromatic rings. The summed E-state index contributed by atoms with van der Waals surface area (Å²) in [5.74, 6) is 1.38. The molecule has 0 amide bonds. The lowest BCUT2D eigenvalue weighted by atomic mass is 9.95. The van der Waals surface area contributed by atoms with E-state index in [1.54, 1.807) is 0 Å². The highest BCUT2D eigenvalue weighted by molar-refractivity contribution is 5.27. The Hall–Kier alpha value is -1.99. The van der Waals surface area contributed by atoms with Crippen molar-refractivity contribution in [1.29, 1.82) is 0 Å². The van der Waals surface area contributed by atoms with Crippen molar-refractivity contribution in [3.63, 3.8) is 0 Å². The molecule has 0 aliphatic carbocycles. The van der Waals surface area contributed by atoms with Gasteiger partial charge in [0, 0.05) is 70.2 Å². The molecule has 6 heteroatoms. The molecule has 0 saturated carbocycles. The van der Waals surface area contributed by atoms with Crippen molar-refractivity contribution in [2.75, 3.05) is 59.5 Å². The van der Waals surface area contributed by atoms with Crippen molar-refractivity contribution >= 4 is 0 Å². The standard InChI is InChI=1S/C23H32N4O2/c1-25-10-12-26(13-11-25)17-21(28)18-29-22-7-5-19(6-8-22)14-27-15-20(16-27)23-4-2-3-9-24-23/h2-9,20-21,28H,10-18H2,1H3/t21-/m0/s1. The van der Waals surface area contributed by atoms with Crippen LogP contribution in [0.2, 0.25) is 0 Å². The molecule has 1 aromatic carbocycles. The number of rotatable bonds is 8. The molecule has 2 aliphatic heterocycles. The summed E-state index contributed by atoms with van der Waals surface area (Å²) < 4.78 is 5.80. The fourth-order valence-corrected chi connectivity index (χ4v) is 4.03. The van der Waals surface area contributed by atoms with Crippen molar-refractivity contribution in [1.82, 2.24) is 19.7 Å². The van der Waals surface area contributed by atoms with Gasteiger partial charge in [-0.05, 0) is 36.9 Å². The van der Waals surface area contributed by atoms with E-state index in [0.717, 1.165) is 51.6 Å². The molecule has 2 saturated heterocycles. The predicted molar refractivity (Wildman–Crippen MR) is 114 cm³/mol. The third kappa shape index (κ3) is 5.76. The maximum atomic E-state index is 10.3. The zero-order chi connectivity index (χ0) is 20.1. The zero-order valence-electron chi connectivity index (χ0n) is 17.3. The SMILES string of the molecule is CN1CCN(C[C@H](O)COc2ccc(CN3CC(c4ccccn4)C3)cc2)CC1. The molecule has 2 fully saturated rings. The van der Waals surface area contributed by atoms with E-state index < -0.39 is 6.10 Å². The summed E-state index contributed by atoms with van der Waals surface area (Å²) in [6.07, 6.45) is 1.42. The monoisotopic (exact) mass is 396 g/mol. The lowest BCUT2D eigenvalue weighted by Crippen LogP contribution is -2.47. The van der Waals surface area contributed by atoms with E-state index in [4.69, 9.17) is 4.74 Å². The van der Waals surface area contributed by atoms with E-state index in [9.17, 15) is 5.11 Å². The zero-order valence-corrected chi connectivity index (χ0v) is 17.3. The van der Waals surface area contributed by atoms with Crippen LogP contribution in [0, 0.1) is 0 Å². The van der Waals surface area contributed by atoms with Gasteiger partial charge in [-0.3, -0.25) is 14.8 Å². The van der Waals surface area contributed by atoms with Gasteiger partial charge in [-0.2, -0.15) is 0 Å². The van der Waals surface area contributed by atoms with Crippen LogP contribution < -0.4 is 4.74 Å². The summed E-state index contributed by atoms with van der Waals surface area (Å²) in [5, 5.41) is 10.3. The topological polar surface area (TPSA) is 52.1 Å². The molecule has 1 N–H and O–H groups in total. The van der Waals surface area contributed by atoms with Crippen LogP contribution in [0.4, 0.5) is 0 Å². The molecule has 0 bridgehead atoms. The Morgan fingerprint density at radius 1 is 1.03 bits per heavy atom. The van der Waals surface area contributed by atoms with Crippen LogP contribution in [0.25, 0.3) is 0 Å². The normalized spacial score (nSPS) is 20.3. The number of aliphatic hydroxyl groups excluding tert-OH is 1. The van der Waals surface area contributed by atoms with Gasteiger partial charge in [0.15, 0.2) is 0 Å². The first-order valence-corrected chi connectivity index (χ1v) is 10.6. The maximum Gasteiger partial charge on any atom is 0.119 e. The second kappa shape index (κ2) is 9.67. The molecule has 0 spiro atoms. The number of likely N-dealkylation sites (tertiary alicyclic amines) is 1. The fraction of sp³-hybridized carbons (Fsp3) is 0.522. The summed E-state index contributed by atoms with van der Waals surface area (Å²) in [7, 11) is 2.14. The number of aliphatic hydroxyl groups is 1. The van der Waals surface area contributed by atoms with Gasteiger partial charge in [-0.15, -0.1) is 0 Å². The van der Waals surface area contributed by atoms with E-state index in [-0.39, 0.29) is 0 Å². The molecule has 156 valence electrons. The van der Waals surface area contributed by atoms with Crippen molar-refractivity contribution in [3.05, 3.63) is 59.9 Å². The van der Waals surface area contributed by atoms with Crippen LogP contribution in [0.5, 0.6) is 5.75 Å².